The Hall–Kier alpha value is -3.03. The van der Waals surface area contributed by atoms with E-state index >= 15 is 0 Å². The molecule has 8 heteroatoms. The van der Waals surface area contributed by atoms with E-state index in [0.29, 0.717) is 37.7 Å². The molecule has 28 heavy (non-hydrogen) atoms. The zero-order chi connectivity index (χ0) is 19.9. The number of likely N-dealkylation sites (tertiary alicyclic amines) is 1. The number of piperidine rings is 1. The Balaban J connectivity index is 1.49. The van der Waals surface area contributed by atoms with E-state index < -0.39 is 6.10 Å². The lowest BCUT2D eigenvalue weighted by Gasteiger charge is -2.35. The number of hydrogen-bond acceptors (Lipinski definition) is 5. The monoisotopic (exact) mass is 387 g/mol. The van der Waals surface area contributed by atoms with E-state index in [9.17, 15) is 14.4 Å². The van der Waals surface area contributed by atoms with Gasteiger partial charge in [-0.25, -0.2) is 0 Å². The Bertz CT molecular complexity index is 751. The topological polar surface area (TPSA) is 97.0 Å². The molecule has 3 rings (SSSR count). The van der Waals surface area contributed by atoms with Gasteiger partial charge in [0.1, 0.15) is 6.61 Å². The molecule has 1 aromatic rings. The predicted octanol–water partition coefficient (Wildman–Crippen LogP) is 0.483. The molecular formula is C20H25N3O5. The van der Waals surface area contributed by atoms with Crippen LogP contribution in [0.1, 0.15) is 12.8 Å². The van der Waals surface area contributed by atoms with Gasteiger partial charge in [-0.1, -0.05) is 18.7 Å². The lowest BCUT2D eigenvalue weighted by atomic mass is 9.96. The molecule has 150 valence electrons. The van der Waals surface area contributed by atoms with Crippen LogP contribution >= 0.6 is 0 Å². The fraction of sp³-hybridized carbons (Fsp3) is 0.450. The molecule has 0 aliphatic carbocycles. The fourth-order valence-electron chi connectivity index (χ4n) is 3.32. The highest BCUT2D eigenvalue weighted by Crippen LogP contribution is 2.31. The second kappa shape index (κ2) is 9.25. The Labute approximate surface area is 163 Å². The molecule has 0 saturated carbocycles. The standard InChI is InChI=1S/C20H25N3O5/c1-2-18(24)21-9-10-22-19(25)14-6-5-11-23(12-14)20(26)17-13-27-15-7-3-4-8-16(15)28-17/h2-4,7-8,14,17H,1,5-6,9-13H2,(H,21,24)(H,22,25). The third-order valence-corrected chi connectivity index (χ3v) is 4.80. The fourth-order valence-corrected chi connectivity index (χ4v) is 3.32. The first-order valence-electron chi connectivity index (χ1n) is 9.43. The number of nitrogens with zero attached hydrogens (tertiary/aromatic N) is 1. The molecule has 2 N–H and O–H groups in total. The summed E-state index contributed by atoms with van der Waals surface area (Å²) in [7, 11) is 0. The normalized spacial score (nSPS) is 20.8. The molecule has 2 atom stereocenters. The Morgan fingerprint density at radius 3 is 2.71 bits per heavy atom. The summed E-state index contributed by atoms with van der Waals surface area (Å²) in [6.07, 6.45) is 1.95. The Kier molecular flexibility index (Phi) is 6.52. The molecule has 1 fully saturated rings. The first-order valence-corrected chi connectivity index (χ1v) is 9.43. The highest BCUT2D eigenvalue weighted by atomic mass is 16.6. The van der Waals surface area contributed by atoms with Crippen molar-refractivity contribution in [2.24, 2.45) is 5.92 Å². The van der Waals surface area contributed by atoms with Crippen LogP contribution < -0.4 is 20.1 Å². The summed E-state index contributed by atoms with van der Waals surface area (Å²) in [5.74, 6) is 0.359. The van der Waals surface area contributed by atoms with E-state index in [4.69, 9.17) is 9.47 Å². The average Bonchev–Trinajstić information content (AvgIpc) is 2.75. The number of para-hydroxylation sites is 2. The quantitative estimate of drug-likeness (QED) is 0.547. The minimum absolute atomic E-state index is 0.114. The van der Waals surface area contributed by atoms with Gasteiger partial charge in [-0.2, -0.15) is 0 Å². The van der Waals surface area contributed by atoms with Crippen molar-refractivity contribution in [2.75, 3.05) is 32.8 Å². The molecule has 8 nitrogen and oxygen atoms in total. The summed E-state index contributed by atoms with van der Waals surface area (Å²) < 4.78 is 11.4. The number of carbonyl (C=O) groups is 3. The maximum Gasteiger partial charge on any atom is 0.267 e. The lowest BCUT2D eigenvalue weighted by Crippen LogP contribution is -2.52. The molecule has 1 saturated heterocycles. The number of fused-ring (bicyclic) bond motifs is 1. The van der Waals surface area contributed by atoms with Crippen molar-refractivity contribution in [3.8, 4) is 11.5 Å². The van der Waals surface area contributed by atoms with Gasteiger partial charge in [-0.3, -0.25) is 14.4 Å². The summed E-state index contributed by atoms with van der Waals surface area (Å²) in [5.41, 5.74) is 0. The van der Waals surface area contributed by atoms with E-state index in [1.165, 1.54) is 6.08 Å². The van der Waals surface area contributed by atoms with E-state index in [-0.39, 0.29) is 30.2 Å². The van der Waals surface area contributed by atoms with Crippen LogP contribution in [0, 0.1) is 5.92 Å². The lowest BCUT2D eigenvalue weighted by molar-refractivity contribution is -0.144. The van der Waals surface area contributed by atoms with Crippen LogP contribution in [0.15, 0.2) is 36.9 Å². The average molecular weight is 387 g/mol. The number of ether oxygens (including phenoxy) is 2. The number of nitrogens with one attached hydrogen (secondary N) is 2. The van der Waals surface area contributed by atoms with Crippen molar-refractivity contribution in [1.29, 1.82) is 0 Å². The van der Waals surface area contributed by atoms with Gasteiger partial charge in [0, 0.05) is 26.2 Å². The van der Waals surface area contributed by atoms with Crippen LogP contribution in [0.5, 0.6) is 11.5 Å². The molecule has 2 unspecified atom stereocenters. The summed E-state index contributed by atoms with van der Waals surface area (Å²) in [6, 6.07) is 7.25. The highest BCUT2D eigenvalue weighted by Gasteiger charge is 2.35. The van der Waals surface area contributed by atoms with Gasteiger partial charge in [0.2, 0.25) is 17.9 Å². The molecule has 1 aromatic carbocycles. The van der Waals surface area contributed by atoms with Crippen LogP contribution in [0.2, 0.25) is 0 Å². The van der Waals surface area contributed by atoms with Gasteiger partial charge in [0.15, 0.2) is 11.5 Å². The maximum atomic E-state index is 12.8. The molecule has 2 aliphatic heterocycles. The second-order valence-electron chi connectivity index (χ2n) is 6.77. The first kappa shape index (κ1) is 19.7. The van der Waals surface area contributed by atoms with Crippen molar-refractivity contribution < 1.29 is 23.9 Å². The van der Waals surface area contributed by atoms with E-state index in [2.05, 4.69) is 17.2 Å². The highest BCUT2D eigenvalue weighted by molar-refractivity contribution is 5.87. The van der Waals surface area contributed by atoms with Crippen molar-refractivity contribution in [3.05, 3.63) is 36.9 Å². The SMILES string of the molecule is C=CC(=O)NCCNC(=O)C1CCCN(C(=O)C2COc3ccccc3O2)C1. The number of benzene rings is 1. The predicted molar refractivity (Wildman–Crippen MR) is 102 cm³/mol. The van der Waals surface area contributed by atoms with Crippen molar-refractivity contribution in [2.45, 2.75) is 18.9 Å². The Morgan fingerprint density at radius 1 is 1.18 bits per heavy atom. The third kappa shape index (κ3) is 4.82. The summed E-state index contributed by atoms with van der Waals surface area (Å²) in [4.78, 5) is 38.0. The van der Waals surface area contributed by atoms with Gasteiger partial charge in [-0.05, 0) is 31.1 Å². The molecule has 0 aromatic heterocycles. The third-order valence-electron chi connectivity index (χ3n) is 4.80. The molecular weight excluding hydrogens is 362 g/mol. The molecule has 0 radical (unpaired) electrons. The van der Waals surface area contributed by atoms with Crippen LogP contribution in [0.25, 0.3) is 0 Å². The van der Waals surface area contributed by atoms with Gasteiger partial charge < -0.3 is 25.0 Å². The van der Waals surface area contributed by atoms with E-state index in [1.54, 1.807) is 17.0 Å². The summed E-state index contributed by atoms with van der Waals surface area (Å²) >= 11 is 0. The van der Waals surface area contributed by atoms with E-state index in [0.717, 1.165) is 12.8 Å². The maximum absolute atomic E-state index is 12.8. The van der Waals surface area contributed by atoms with Crippen molar-refractivity contribution in [3.63, 3.8) is 0 Å². The van der Waals surface area contributed by atoms with Crippen LogP contribution in [-0.4, -0.2) is 61.5 Å². The number of hydrogen-bond donors (Lipinski definition) is 2. The number of carbonyl (C=O) groups excluding carboxylic acids is 3. The van der Waals surface area contributed by atoms with Crippen LogP contribution in [0.4, 0.5) is 0 Å². The van der Waals surface area contributed by atoms with Crippen LogP contribution in [-0.2, 0) is 14.4 Å². The minimum atomic E-state index is -0.703. The molecule has 0 bridgehead atoms. The van der Waals surface area contributed by atoms with E-state index in [1.807, 2.05) is 12.1 Å². The van der Waals surface area contributed by atoms with Crippen molar-refractivity contribution in [1.82, 2.24) is 15.5 Å². The van der Waals surface area contributed by atoms with Crippen LogP contribution in [0.3, 0.4) is 0 Å². The van der Waals surface area contributed by atoms with Crippen molar-refractivity contribution >= 4 is 17.7 Å². The molecule has 0 spiro atoms. The zero-order valence-electron chi connectivity index (χ0n) is 15.7. The minimum Gasteiger partial charge on any atom is -0.485 e. The summed E-state index contributed by atoms with van der Waals surface area (Å²) in [5, 5.41) is 5.40. The zero-order valence-corrected chi connectivity index (χ0v) is 15.7. The molecule has 2 aliphatic rings. The second-order valence-corrected chi connectivity index (χ2v) is 6.77. The van der Waals surface area contributed by atoms with Gasteiger partial charge in [-0.15, -0.1) is 0 Å². The largest absolute Gasteiger partial charge is 0.485 e. The summed E-state index contributed by atoms with van der Waals surface area (Å²) in [6.45, 7) is 5.14. The van der Waals surface area contributed by atoms with Gasteiger partial charge >= 0.3 is 0 Å². The van der Waals surface area contributed by atoms with Gasteiger partial charge in [0.05, 0.1) is 5.92 Å². The first-order chi connectivity index (χ1) is 13.6. The van der Waals surface area contributed by atoms with Gasteiger partial charge in [0.25, 0.3) is 5.91 Å². The molecule has 2 heterocycles. The smallest absolute Gasteiger partial charge is 0.267 e. The molecule has 3 amide bonds. The Morgan fingerprint density at radius 2 is 1.93 bits per heavy atom. The number of rotatable bonds is 6. The number of amides is 3.